The van der Waals surface area contributed by atoms with Crippen molar-refractivity contribution in [2.24, 2.45) is 35.5 Å². The molecule has 6 rings (SSSR count). The maximum Gasteiger partial charge on any atom is 0.244 e. The Morgan fingerprint density at radius 1 is 1.04 bits per heavy atom. The fourth-order valence-electron chi connectivity index (χ4n) is 5.05. The standard InChI is InChI=1S/C19H17FN2O3/c20-9-1-3-10(4-2-9)21-15(23)8-22-18(24)16-11-5-6-12(14-7-13(11)14)17(16)19(22)25/h1-6,11-14,16-17H,7-8H2,(H,21,23)/t11-,12-,13-,14-,16-,17+/m0/s1. The Morgan fingerprint density at radius 2 is 1.60 bits per heavy atom. The monoisotopic (exact) mass is 340 g/mol. The number of nitrogens with zero attached hydrogens (tertiary/aromatic N) is 1. The van der Waals surface area contributed by atoms with Crippen molar-refractivity contribution in [2.45, 2.75) is 6.42 Å². The second-order valence-electron chi connectivity index (χ2n) is 7.47. The van der Waals surface area contributed by atoms with Crippen LogP contribution in [0.2, 0.25) is 0 Å². The molecule has 1 heterocycles. The number of anilines is 1. The van der Waals surface area contributed by atoms with E-state index in [1.165, 1.54) is 24.3 Å². The van der Waals surface area contributed by atoms with Gasteiger partial charge in [0.05, 0.1) is 11.8 Å². The summed E-state index contributed by atoms with van der Waals surface area (Å²) in [6.45, 7) is -0.281. The molecule has 2 bridgehead atoms. The molecule has 2 saturated carbocycles. The summed E-state index contributed by atoms with van der Waals surface area (Å²) in [6.07, 6.45) is 5.32. The number of allylic oxidation sites excluding steroid dienone is 2. The van der Waals surface area contributed by atoms with Crippen LogP contribution in [-0.2, 0) is 14.4 Å². The molecule has 1 aromatic carbocycles. The van der Waals surface area contributed by atoms with Gasteiger partial charge in [-0.05, 0) is 54.4 Å². The van der Waals surface area contributed by atoms with Crippen LogP contribution < -0.4 is 5.32 Å². The lowest BCUT2D eigenvalue weighted by molar-refractivity contribution is -0.142. The lowest BCUT2D eigenvalue weighted by Gasteiger charge is -2.37. The number of rotatable bonds is 3. The quantitative estimate of drug-likeness (QED) is 0.674. The van der Waals surface area contributed by atoms with E-state index in [4.69, 9.17) is 0 Å². The van der Waals surface area contributed by atoms with E-state index in [9.17, 15) is 18.8 Å². The summed E-state index contributed by atoms with van der Waals surface area (Å²) < 4.78 is 12.9. The molecule has 3 amide bonds. The third kappa shape index (κ3) is 2.09. The van der Waals surface area contributed by atoms with E-state index in [-0.39, 0.29) is 42.0 Å². The molecule has 5 aliphatic rings. The maximum absolute atomic E-state index is 12.9. The zero-order valence-electron chi connectivity index (χ0n) is 13.4. The second-order valence-corrected chi connectivity index (χ2v) is 7.47. The van der Waals surface area contributed by atoms with Gasteiger partial charge in [0.15, 0.2) is 0 Å². The third-order valence-corrected chi connectivity index (χ3v) is 6.18. The molecule has 25 heavy (non-hydrogen) atoms. The molecule has 1 aromatic rings. The zero-order valence-corrected chi connectivity index (χ0v) is 13.4. The highest BCUT2D eigenvalue weighted by Gasteiger charge is 2.67. The number of imide groups is 1. The summed E-state index contributed by atoms with van der Waals surface area (Å²) in [5, 5.41) is 2.61. The van der Waals surface area contributed by atoms with Gasteiger partial charge in [-0.3, -0.25) is 19.3 Å². The molecule has 128 valence electrons. The van der Waals surface area contributed by atoms with Gasteiger partial charge in [0, 0.05) is 5.69 Å². The van der Waals surface area contributed by atoms with Crippen LogP contribution in [0, 0.1) is 41.3 Å². The lowest BCUT2D eigenvalue weighted by atomic mass is 9.63. The Kier molecular flexibility index (Phi) is 2.96. The molecule has 1 saturated heterocycles. The van der Waals surface area contributed by atoms with Crippen molar-refractivity contribution in [3.05, 3.63) is 42.2 Å². The van der Waals surface area contributed by atoms with Crippen LogP contribution in [0.1, 0.15) is 6.42 Å². The normalized spacial score (nSPS) is 37.1. The average Bonchev–Trinajstić information content (AvgIpc) is 3.38. The number of carbonyl (C=O) groups excluding carboxylic acids is 3. The molecule has 0 spiro atoms. The fourth-order valence-corrected chi connectivity index (χ4v) is 5.05. The Morgan fingerprint density at radius 3 is 2.16 bits per heavy atom. The Balaban J connectivity index is 1.32. The van der Waals surface area contributed by atoms with Crippen molar-refractivity contribution in [3.63, 3.8) is 0 Å². The van der Waals surface area contributed by atoms with Gasteiger partial charge in [0.25, 0.3) is 0 Å². The van der Waals surface area contributed by atoms with Crippen LogP contribution in [0.15, 0.2) is 36.4 Å². The molecular weight excluding hydrogens is 323 g/mol. The summed E-state index contributed by atoms with van der Waals surface area (Å²) >= 11 is 0. The van der Waals surface area contributed by atoms with Gasteiger partial charge in [-0.2, -0.15) is 0 Å². The number of hydrogen-bond acceptors (Lipinski definition) is 3. The number of likely N-dealkylation sites (tertiary alicyclic amines) is 1. The summed E-state index contributed by atoms with van der Waals surface area (Å²) in [6, 6.07) is 5.37. The van der Waals surface area contributed by atoms with Gasteiger partial charge in [-0.15, -0.1) is 0 Å². The van der Waals surface area contributed by atoms with Crippen LogP contribution in [0.4, 0.5) is 10.1 Å². The summed E-state index contributed by atoms with van der Waals surface area (Å²) in [5.41, 5.74) is 0.436. The Hall–Kier alpha value is -2.50. The molecule has 6 heteroatoms. The molecule has 3 fully saturated rings. The van der Waals surface area contributed by atoms with Crippen molar-refractivity contribution >= 4 is 23.4 Å². The van der Waals surface area contributed by atoms with E-state index < -0.39 is 11.7 Å². The van der Waals surface area contributed by atoms with Crippen molar-refractivity contribution in [2.75, 3.05) is 11.9 Å². The van der Waals surface area contributed by atoms with E-state index in [1.807, 2.05) is 0 Å². The molecule has 6 atom stereocenters. The molecule has 0 aromatic heterocycles. The van der Waals surface area contributed by atoms with Crippen molar-refractivity contribution in [3.8, 4) is 0 Å². The average molecular weight is 340 g/mol. The van der Waals surface area contributed by atoms with Crippen LogP contribution in [0.25, 0.3) is 0 Å². The largest absolute Gasteiger partial charge is 0.325 e. The van der Waals surface area contributed by atoms with Gasteiger partial charge in [-0.1, -0.05) is 12.2 Å². The van der Waals surface area contributed by atoms with Gasteiger partial charge < -0.3 is 5.32 Å². The van der Waals surface area contributed by atoms with Crippen LogP contribution in [0.3, 0.4) is 0 Å². The van der Waals surface area contributed by atoms with Gasteiger partial charge in [0.1, 0.15) is 12.4 Å². The number of hydrogen-bond donors (Lipinski definition) is 1. The molecular formula is C19H17FN2O3. The van der Waals surface area contributed by atoms with Gasteiger partial charge in [-0.25, -0.2) is 4.39 Å². The minimum atomic E-state index is -0.447. The number of nitrogens with one attached hydrogen (secondary N) is 1. The first-order valence-corrected chi connectivity index (χ1v) is 8.63. The number of amides is 3. The van der Waals surface area contributed by atoms with E-state index in [0.29, 0.717) is 17.5 Å². The zero-order chi connectivity index (χ0) is 17.3. The van der Waals surface area contributed by atoms with Gasteiger partial charge >= 0.3 is 0 Å². The van der Waals surface area contributed by atoms with E-state index in [2.05, 4.69) is 17.5 Å². The first-order valence-electron chi connectivity index (χ1n) is 8.63. The minimum Gasteiger partial charge on any atom is -0.325 e. The highest BCUT2D eigenvalue weighted by atomic mass is 19.1. The van der Waals surface area contributed by atoms with Crippen molar-refractivity contribution < 1.29 is 18.8 Å². The summed E-state index contributed by atoms with van der Waals surface area (Å²) in [5.74, 6) is -0.450. The van der Waals surface area contributed by atoms with E-state index in [1.54, 1.807) is 0 Å². The number of carbonyl (C=O) groups is 3. The first-order chi connectivity index (χ1) is 12.0. The maximum atomic E-state index is 12.9. The van der Waals surface area contributed by atoms with Crippen molar-refractivity contribution in [1.82, 2.24) is 4.90 Å². The number of benzene rings is 1. The molecule has 0 radical (unpaired) electrons. The second kappa shape index (κ2) is 5.00. The van der Waals surface area contributed by atoms with Crippen LogP contribution in [-0.4, -0.2) is 29.2 Å². The molecule has 5 nitrogen and oxygen atoms in total. The summed E-state index contributed by atoms with van der Waals surface area (Å²) in [7, 11) is 0. The van der Waals surface area contributed by atoms with Crippen LogP contribution >= 0.6 is 0 Å². The van der Waals surface area contributed by atoms with E-state index >= 15 is 0 Å². The summed E-state index contributed by atoms with van der Waals surface area (Å²) in [4.78, 5) is 38.9. The van der Waals surface area contributed by atoms with Gasteiger partial charge in [0.2, 0.25) is 17.7 Å². The van der Waals surface area contributed by atoms with E-state index in [0.717, 1.165) is 11.3 Å². The predicted molar refractivity (Wildman–Crippen MR) is 86.4 cm³/mol. The molecule has 1 N–H and O–H groups in total. The van der Waals surface area contributed by atoms with Crippen LogP contribution in [0.5, 0.6) is 0 Å². The third-order valence-electron chi connectivity index (χ3n) is 6.18. The minimum absolute atomic E-state index is 0.154. The highest BCUT2D eigenvalue weighted by molar-refractivity contribution is 6.09. The van der Waals surface area contributed by atoms with Crippen molar-refractivity contribution in [1.29, 1.82) is 0 Å². The highest BCUT2D eigenvalue weighted by Crippen LogP contribution is 2.65. The number of halogens is 1. The Bertz CT molecular complexity index is 782. The molecule has 0 unspecified atom stereocenters. The fraction of sp³-hybridized carbons (Fsp3) is 0.421. The lowest BCUT2D eigenvalue weighted by Crippen LogP contribution is -2.40. The smallest absolute Gasteiger partial charge is 0.244 e. The first kappa shape index (κ1) is 14.8. The SMILES string of the molecule is O=C(CN1C(=O)[C@@H]2[C@H]3C=C[C@@H]([C@@H]4C[C@@H]34)[C@@H]2C1=O)Nc1ccc(F)cc1. The predicted octanol–water partition coefficient (Wildman–Crippen LogP) is 1.82. The molecule has 1 aliphatic heterocycles. The topological polar surface area (TPSA) is 66.5 Å². The molecule has 4 aliphatic carbocycles. The Labute approximate surface area is 143 Å².